The summed E-state index contributed by atoms with van der Waals surface area (Å²) in [5.74, 6) is 0. The smallest absolute Gasteiger partial charge is 0.0792 e. The molecule has 14 heavy (non-hydrogen) atoms. The van der Waals surface area contributed by atoms with Crippen molar-refractivity contribution >= 4 is 0 Å². The summed E-state index contributed by atoms with van der Waals surface area (Å²) >= 11 is 0. The Balaban J connectivity index is 2.49. The largest absolute Gasteiger partial charge is 0.388 e. The van der Waals surface area contributed by atoms with Gasteiger partial charge in [0, 0.05) is 0 Å². The highest BCUT2D eigenvalue weighted by Gasteiger charge is 2.16. The zero-order valence-corrected chi connectivity index (χ0v) is 9.01. The Kier molecular flexibility index (Phi) is 2.60. The van der Waals surface area contributed by atoms with E-state index in [9.17, 15) is 5.11 Å². The van der Waals surface area contributed by atoms with E-state index >= 15 is 0 Å². The van der Waals surface area contributed by atoms with E-state index < -0.39 is 0 Å². The molecule has 1 nitrogen and oxygen atoms in total. The molecule has 1 aliphatic carbocycles. The number of fused-ring (bicyclic) bond motifs is 1. The van der Waals surface area contributed by atoms with E-state index in [2.05, 4.69) is 26.0 Å². The number of aryl methyl sites for hydroxylation is 3. The summed E-state index contributed by atoms with van der Waals surface area (Å²) in [5, 5.41) is 9.96. The van der Waals surface area contributed by atoms with E-state index in [0.717, 1.165) is 19.3 Å². The first-order chi connectivity index (χ1) is 6.68. The number of hydrogen-bond acceptors (Lipinski definition) is 1. The minimum absolute atomic E-state index is 0.230. The Bertz CT molecular complexity index is 341. The van der Waals surface area contributed by atoms with Gasteiger partial charge in [-0.05, 0) is 55.4 Å². The zero-order valence-electron chi connectivity index (χ0n) is 9.01. The first kappa shape index (κ1) is 9.72. The van der Waals surface area contributed by atoms with Crippen LogP contribution in [0.15, 0.2) is 12.1 Å². The van der Waals surface area contributed by atoms with Gasteiger partial charge in [0.15, 0.2) is 0 Å². The van der Waals surface area contributed by atoms with Gasteiger partial charge in [-0.25, -0.2) is 0 Å². The molecule has 76 valence electrons. The van der Waals surface area contributed by atoms with Crippen LogP contribution < -0.4 is 0 Å². The molecule has 0 aliphatic heterocycles. The Labute approximate surface area is 85.8 Å². The van der Waals surface area contributed by atoms with Crippen molar-refractivity contribution in [1.29, 1.82) is 0 Å². The van der Waals surface area contributed by atoms with Crippen LogP contribution in [-0.4, -0.2) is 5.11 Å². The molecule has 0 aromatic heterocycles. The zero-order chi connectivity index (χ0) is 10.1. The molecule has 1 heteroatoms. The van der Waals surface area contributed by atoms with Crippen molar-refractivity contribution in [3.8, 4) is 0 Å². The first-order valence-electron chi connectivity index (χ1n) is 5.46. The van der Waals surface area contributed by atoms with Gasteiger partial charge in [0.2, 0.25) is 0 Å². The number of benzene rings is 1. The van der Waals surface area contributed by atoms with Crippen molar-refractivity contribution in [2.24, 2.45) is 0 Å². The van der Waals surface area contributed by atoms with Crippen LogP contribution in [0.1, 0.15) is 47.6 Å². The molecule has 0 heterocycles. The number of aliphatic hydroxyl groups is 1. The van der Waals surface area contributed by atoms with Gasteiger partial charge in [-0.1, -0.05) is 18.6 Å². The van der Waals surface area contributed by atoms with Crippen LogP contribution in [0.2, 0.25) is 0 Å². The molecule has 0 radical (unpaired) electrons. The fourth-order valence-electron chi connectivity index (χ4n) is 2.23. The standard InChI is InChI=1S/C13H18O/c1-9-7-11-5-3-4-6-13(14)12(11)8-10(9)2/h7-8,13-14H,3-6H2,1-2H3/t13-/m1/s1. The monoisotopic (exact) mass is 190 g/mol. The third kappa shape index (κ3) is 1.69. The van der Waals surface area contributed by atoms with Crippen molar-refractivity contribution in [1.82, 2.24) is 0 Å². The lowest BCUT2D eigenvalue weighted by molar-refractivity contribution is 0.166. The summed E-state index contributed by atoms with van der Waals surface area (Å²) in [5.41, 5.74) is 5.17. The molecule has 1 aromatic rings. The normalized spacial score (nSPS) is 21.5. The van der Waals surface area contributed by atoms with Gasteiger partial charge in [0.1, 0.15) is 0 Å². The molecule has 2 rings (SSSR count). The quantitative estimate of drug-likeness (QED) is 0.623. The highest BCUT2D eigenvalue weighted by molar-refractivity contribution is 5.39. The average molecular weight is 190 g/mol. The predicted molar refractivity (Wildman–Crippen MR) is 58.4 cm³/mol. The van der Waals surface area contributed by atoms with Gasteiger partial charge in [-0.3, -0.25) is 0 Å². The van der Waals surface area contributed by atoms with E-state index in [-0.39, 0.29) is 6.10 Å². The van der Waals surface area contributed by atoms with Crippen LogP contribution in [0, 0.1) is 13.8 Å². The van der Waals surface area contributed by atoms with Crippen molar-refractivity contribution < 1.29 is 5.11 Å². The SMILES string of the molecule is Cc1cc2c(cc1C)[C@H](O)CCCC2. The molecule has 0 amide bonds. The second kappa shape index (κ2) is 3.74. The van der Waals surface area contributed by atoms with Crippen LogP contribution in [0.25, 0.3) is 0 Å². The van der Waals surface area contributed by atoms with Gasteiger partial charge < -0.3 is 5.11 Å². The summed E-state index contributed by atoms with van der Waals surface area (Å²) in [6.07, 6.45) is 4.19. The summed E-state index contributed by atoms with van der Waals surface area (Å²) < 4.78 is 0. The van der Waals surface area contributed by atoms with Crippen molar-refractivity contribution in [2.75, 3.05) is 0 Å². The molecule has 0 saturated heterocycles. The van der Waals surface area contributed by atoms with Crippen LogP contribution in [0.5, 0.6) is 0 Å². The Morgan fingerprint density at radius 1 is 1.14 bits per heavy atom. The molecule has 0 spiro atoms. The predicted octanol–water partition coefficient (Wildman–Crippen LogP) is 3.06. The van der Waals surface area contributed by atoms with E-state index in [0.29, 0.717) is 0 Å². The molecule has 0 bridgehead atoms. The van der Waals surface area contributed by atoms with Crippen LogP contribution in [-0.2, 0) is 6.42 Å². The Hall–Kier alpha value is -0.820. The maximum Gasteiger partial charge on any atom is 0.0792 e. The summed E-state index contributed by atoms with van der Waals surface area (Å²) in [4.78, 5) is 0. The lowest BCUT2D eigenvalue weighted by Crippen LogP contribution is -2.00. The summed E-state index contributed by atoms with van der Waals surface area (Å²) in [7, 11) is 0. The molecule has 1 aliphatic rings. The van der Waals surface area contributed by atoms with Crippen molar-refractivity contribution in [3.05, 3.63) is 34.4 Å². The maximum atomic E-state index is 9.96. The van der Waals surface area contributed by atoms with E-state index in [4.69, 9.17) is 0 Å². The molecule has 0 saturated carbocycles. The fraction of sp³-hybridized carbons (Fsp3) is 0.538. The van der Waals surface area contributed by atoms with Gasteiger partial charge in [0.05, 0.1) is 6.10 Å². The molecule has 0 unspecified atom stereocenters. The number of hydrogen-bond donors (Lipinski definition) is 1. The first-order valence-corrected chi connectivity index (χ1v) is 5.46. The van der Waals surface area contributed by atoms with Gasteiger partial charge in [-0.2, -0.15) is 0 Å². The number of aliphatic hydroxyl groups excluding tert-OH is 1. The van der Waals surface area contributed by atoms with E-state index in [1.165, 1.54) is 28.7 Å². The molecule has 1 aromatic carbocycles. The second-order valence-corrected chi connectivity index (χ2v) is 4.40. The molecule has 1 N–H and O–H groups in total. The van der Waals surface area contributed by atoms with Gasteiger partial charge in [0.25, 0.3) is 0 Å². The van der Waals surface area contributed by atoms with Crippen LogP contribution >= 0.6 is 0 Å². The van der Waals surface area contributed by atoms with E-state index in [1.54, 1.807) is 0 Å². The van der Waals surface area contributed by atoms with Crippen molar-refractivity contribution in [2.45, 2.75) is 45.6 Å². The van der Waals surface area contributed by atoms with Crippen LogP contribution in [0.3, 0.4) is 0 Å². The van der Waals surface area contributed by atoms with E-state index in [1.807, 2.05) is 0 Å². The number of rotatable bonds is 0. The lowest BCUT2D eigenvalue weighted by Gasteiger charge is -2.14. The van der Waals surface area contributed by atoms with Crippen LogP contribution in [0.4, 0.5) is 0 Å². The summed E-state index contributed by atoms with van der Waals surface area (Å²) in [6, 6.07) is 4.42. The van der Waals surface area contributed by atoms with Gasteiger partial charge in [-0.15, -0.1) is 0 Å². The average Bonchev–Trinajstić information content (AvgIpc) is 2.31. The summed E-state index contributed by atoms with van der Waals surface area (Å²) in [6.45, 7) is 4.26. The Morgan fingerprint density at radius 3 is 2.64 bits per heavy atom. The van der Waals surface area contributed by atoms with Gasteiger partial charge >= 0.3 is 0 Å². The Morgan fingerprint density at radius 2 is 1.86 bits per heavy atom. The highest BCUT2D eigenvalue weighted by Crippen LogP contribution is 2.30. The fourth-order valence-corrected chi connectivity index (χ4v) is 2.23. The third-order valence-electron chi connectivity index (χ3n) is 3.29. The molecular weight excluding hydrogens is 172 g/mol. The molecular formula is C13H18O. The molecule has 1 atom stereocenters. The molecule has 0 fully saturated rings. The maximum absolute atomic E-state index is 9.96. The second-order valence-electron chi connectivity index (χ2n) is 4.40. The minimum Gasteiger partial charge on any atom is -0.388 e. The highest BCUT2D eigenvalue weighted by atomic mass is 16.3. The minimum atomic E-state index is -0.230. The van der Waals surface area contributed by atoms with Crippen molar-refractivity contribution in [3.63, 3.8) is 0 Å². The topological polar surface area (TPSA) is 20.2 Å². The third-order valence-corrected chi connectivity index (χ3v) is 3.29. The lowest BCUT2D eigenvalue weighted by atomic mass is 9.95.